The summed E-state index contributed by atoms with van der Waals surface area (Å²) in [6.07, 6.45) is 3.45. The lowest BCUT2D eigenvalue weighted by Crippen LogP contribution is -2.29. The number of nitrogens with zero attached hydrogens (tertiary/aromatic N) is 2. The Morgan fingerprint density at radius 3 is 2.65 bits per heavy atom. The second kappa shape index (κ2) is 7.76. The van der Waals surface area contributed by atoms with E-state index < -0.39 is 0 Å². The molecule has 0 radical (unpaired) electrons. The predicted octanol–water partition coefficient (Wildman–Crippen LogP) is 1.79. The second-order valence-electron chi connectivity index (χ2n) is 6.02. The Hall–Kier alpha value is -2.37. The van der Waals surface area contributed by atoms with Gasteiger partial charge in [-0.3, -0.25) is 9.59 Å². The van der Waals surface area contributed by atoms with Crippen molar-refractivity contribution in [2.24, 2.45) is 5.92 Å². The van der Waals surface area contributed by atoms with Gasteiger partial charge in [-0.15, -0.1) is 0 Å². The summed E-state index contributed by atoms with van der Waals surface area (Å²) >= 11 is 0. The molecule has 0 unspecified atom stereocenters. The summed E-state index contributed by atoms with van der Waals surface area (Å²) in [6.45, 7) is 6.80. The van der Waals surface area contributed by atoms with E-state index in [1.807, 2.05) is 28.8 Å². The summed E-state index contributed by atoms with van der Waals surface area (Å²) in [4.78, 5) is 27.7. The van der Waals surface area contributed by atoms with Crippen molar-refractivity contribution in [2.75, 3.05) is 13.1 Å². The maximum absolute atomic E-state index is 12.4. The molecule has 0 bridgehead atoms. The van der Waals surface area contributed by atoms with E-state index in [1.165, 1.54) is 6.92 Å². The molecule has 0 spiro atoms. The zero-order valence-electron chi connectivity index (χ0n) is 13.9. The number of nitrogens with one attached hydrogen (secondary N) is 2. The van der Waals surface area contributed by atoms with Crippen LogP contribution >= 0.6 is 0 Å². The van der Waals surface area contributed by atoms with Gasteiger partial charge in [-0.05, 0) is 24.5 Å². The Bertz CT molecular complexity index is 691. The Kier molecular flexibility index (Phi) is 5.73. The first kappa shape index (κ1) is 17.0. The van der Waals surface area contributed by atoms with E-state index in [0.29, 0.717) is 31.1 Å². The van der Waals surface area contributed by atoms with Gasteiger partial charge in [0.15, 0.2) is 5.69 Å². The van der Waals surface area contributed by atoms with E-state index in [1.54, 1.807) is 0 Å². The fraction of sp³-hybridized carbons (Fsp3) is 0.471. The van der Waals surface area contributed by atoms with E-state index in [9.17, 15) is 9.59 Å². The SMILES string of the molecule is CC(=O)NCCCNC(=O)c1nc(CC(C)C)n2ccccc12. The van der Waals surface area contributed by atoms with Crippen LogP contribution in [0.3, 0.4) is 0 Å². The van der Waals surface area contributed by atoms with Gasteiger partial charge in [-0.25, -0.2) is 4.98 Å². The summed E-state index contributed by atoms with van der Waals surface area (Å²) in [5, 5.41) is 5.57. The highest BCUT2D eigenvalue weighted by molar-refractivity contribution is 5.99. The van der Waals surface area contributed by atoms with Crippen LogP contribution in [-0.2, 0) is 11.2 Å². The number of carbonyl (C=O) groups excluding carboxylic acids is 2. The lowest BCUT2D eigenvalue weighted by atomic mass is 10.1. The Morgan fingerprint density at radius 2 is 1.96 bits per heavy atom. The molecule has 23 heavy (non-hydrogen) atoms. The number of amides is 2. The predicted molar refractivity (Wildman–Crippen MR) is 89.4 cm³/mol. The fourth-order valence-corrected chi connectivity index (χ4v) is 2.42. The summed E-state index contributed by atoms with van der Waals surface area (Å²) in [7, 11) is 0. The number of fused-ring (bicyclic) bond motifs is 1. The third-order valence-electron chi connectivity index (χ3n) is 3.44. The van der Waals surface area contributed by atoms with E-state index >= 15 is 0 Å². The minimum absolute atomic E-state index is 0.0604. The van der Waals surface area contributed by atoms with Gasteiger partial charge in [0.1, 0.15) is 5.82 Å². The van der Waals surface area contributed by atoms with Crippen LogP contribution in [0.5, 0.6) is 0 Å². The van der Waals surface area contributed by atoms with Gasteiger partial charge in [0, 0.05) is 32.6 Å². The van der Waals surface area contributed by atoms with Crippen LogP contribution < -0.4 is 10.6 Å². The van der Waals surface area contributed by atoms with E-state index in [2.05, 4.69) is 29.5 Å². The minimum atomic E-state index is -0.175. The molecule has 2 N–H and O–H groups in total. The van der Waals surface area contributed by atoms with Gasteiger partial charge in [0.25, 0.3) is 5.91 Å². The summed E-state index contributed by atoms with van der Waals surface area (Å²) in [5.74, 6) is 1.13. The number of hydrogen-bond donors (Lipinski definition) is 2. The third-order valence-corrected chi connectivity index (χ3v) is 3.44. The average Bonchev–Trinajstić information content (AvgIpc) is 2.85. The van der Waals surface area contributed by atoms with Crippen LogP contribution in [0, 0.1) is 5.92 Å². The number of aromatic nitrogens is 2. The van der Waals surface area contributed by atoms with Gasteiger partial charge < -0.3 is 15.0 Å². The first-order valence-corrected chi connectivity index (χ1v) is 7.97. The number of rotatable bonds is 7. The lowest BCUT2D eigenvalue weighted by Gasteiger charge is -2.04. The highest BCUT2D eigenvalue weighted by atomic mass is 16.2. The third kappa shape index (κ3) is 4.55. The maximum atomic E-state index is 12.4. The summed E-state index contributed by atoms with van der Waals surface area (Å²) < 4.78 is 1.98. The normalized spacial score (nSPS) is 11.0. The Morgan fingerprint density at radius 1 is 1.22 bits per heavy atom. The molecule has 0 aliphatic heterocycles. The number of imidazole rings is 1. The first-order chi connectivity index (χ1) is 11.0. The summed E-state index contributed by atoms with van der Waals surface area (Å²) in [6, 6.07) is 5.75. The van der Waals surface area contributed by atoms with Crippen LogP contribution in [0.2, 0.25) is 0 Å². The van der Waals surface area contributed by atoms with Gasteiger partial charge in [-0.2, -0.15) is 0 Å². The molecule has 2 rings (SSSR count). The van der Waals surface area contributed by atoms with Crippen molar-refractivity contribution in [1.82, 2.24) is 20.0 Å². The quantitative estimate of drug-likeness (QED) is 0.765. The lowest BCUT2D eigenvalue weighted by molar-refractivity contribution is -0.118. The van der Waals surface area contributed by atoms with Crippen molar-refractivity contribution in [2.45, 2.75) is 33.6 Å². The van der Waals surface area contributed by atoms with Crippen molar-refractivity contribution in [3.63, 3.8) is 0 Å². The average molecular weight is 316 g/mol. The standard InChI is InChI=1S/C17H24N4O2/c1-12(2)11-15-20-16(14-7-4-5-10-21(14)15)17(23)19-9-6-8-18-13(3)22/h4-5,7,10,12H,6,8-9,11H2,1-3H3,(H,18,22)(H,19,23). The van der Waals surface area contributed by atoms with E-state index in [4.69, 9.17) is 0 Å². The minimum Gasteiger partial charge on any atom is -0.356 e. The molecule has 124 valence electrons. The molecule has 0 fully saturated rings. The molecule has 6 nitrogen and oxygen atoms in total. The van der Waals surface area contributed by atoms with E-state index in [-0.39, 0.29) is 11.8 Å². The molecule has 6 heteroatoms. The van der Waals surface area contributed by atoms with Gasteiger partial charge in [0.2, 0.25) is 5.91 Å². The van der Waals surface area contributed by atoms with Crippen molar-refractivity contribution < 1.29 is 9.59 Å². The number of hydrogen-bond acceptors (Lipinski definition) is 3. The van der Waals surface area contributed by atoms with Crippen molar-refractivity contribution in [3.05, 3.63) is 35.9 Å². The molecule has 2 aromatic rings. The van der Waals surface area contributed by atoms with Crippen molar-refractivity contribution in [3.8, 4) is 0 Å². The topological polar surface area (TPSA) is 75.5 Å². The van der Waals surface area contributed by atoms with Crippen molar-refractivity contribution >= 4 is 17.3 Å². The molecular formula is C17H24N4O2. The van der Waals surface area contributed by atoms with Crippen molar-refractivity contribution in [1.29, 1.82) is 0 Å². The van der Waals surface area contributed by atoms with E-state index in [0.717, 1.165) is 17.8 Å². The molecular weight excluding hydrogens is 292 g/mol. The maximum Gasteiger partial charge on any atom is 0.272 e. The van der Waals surface area contributed by atoms with Crippen LogP contribution in [0.1, 0.15) is 43.5 Å². The highest BCUT2D eigenvalue weighted by Gasteiger charge is 2.17. The molecule has 0 aromatic carbocycles. The Labute approximate surface area is 136 Å². The van der Waals surface area contributed by atoms with Gasteiger partial charge in [-0.1, -0.05) is 19.9 Å². The molecule has 2 heterocycles. The first-order valence-electron chi connectivity index (χ1n) is 7.97. The van der Waals surface area contributed by atoms with Crippen LogP contribution in [0.4, 0.5) is 0 Å². The molecule has 2 amide bonds. The molecule has 0 aliphatic rings. The number of pyridine rings is 1. The molecule has 0 saturated heterocycles. The zero-order chi connectivity index (χ0) is 16.8. The smallest absolute Gasteiger partial charge is 0.272 e. The molecule has 0 aliphatic carbocycles. The monoisotopic (exact) mass is 316 g/mol. The van der Waals surface area contributed by atoms with Crippen LogP contribution in [-0.4, -0.2) is 34.3 Å². The molecule has 2 aromatic heterocycles. The second-order valence-corrected chi connectivity index (χ2v) is 6.02. The van der Waals surface area contributed by atoms with Gasteiger partial charge in [0.05, 0.1) is 5.52 Å². The fourth-order valence-electron chi connectivity index (χ4n) is 2.42. The molecule has 0 atom stereocenters. The number of carbonyl (C=O) groups is 2. The summed E-state index contributed by atoms with van der Waals surface area (Å²) in [5.41, 5.74) is 1.28. The van der Waals surface area contributed by atoms with Crippen LogP contribution in [0.15, 0.2) is 24.4 Å². The van der Waals surface area contributed by atoms with Gasteiger partial charge >= 0.3 is 0 Å². The molecule has 0 saturated carbocycles. The van der Waals surface area contributed by atoms with Crippen LogP contribution in [0.25, 0.3) is 5.52 Å². The Balaban J connectivity index is 2.06. The largest absolute Gasteiger partial charge is 0.356 e. The zero-order valence-corrected chi connectivity index (χ0v) is 13.9. The highest BCUT2D eigenvalue weighted by Crippen LogP contribution is 2.15.